The van der Waals surface area contributed by atoms with Crippen molar-refractivity contribution in [3.05, 3.63) is 35.0 Å². The van der Waals surface area contributed by atoms with Crippen LogP contribution in [0, 0.1) is 11.8 Å². The molecule has 0 unspecified atom stereocenters. The van der Waals surface area contributed by atoms with Crippen molar-refractivity contribution < 1.29 is 14.7 Å². The van der Waals surface area contributed by atoms with E-state index in [1.54, 1.807) is 6.07 Å². The molecule has 1 saturated heterocycles. The van der Waals surface area contributed by atoms with Gasteiger partial charge in [0.25, 0.3) is 0 Å². The molecule has 2 N–H and O–H groups in total. The number of halogens is 1. The summed E-state index contributed by atoms with van der Waals surface area (Å²) >= 11 is 6.43. The fourth-order valence-electron chi connectivity index (χ4n) is 4.93. The van der Waals surface area contributed by atoms with Crippen molar-refractivity contribution in [1.82, 2.24) is 9.88 Å². The summed E-state index contributed by atoms with van der Waals surface area (Å²) in [5, 5.41) is 13.5. The predicted octanol–water partition coefficient (Wildman–Crippen LogP) is 5.73. The molecule has 1 aliphatic carbocycles. The summed E-state index contributed by atoms with van der Waals surface area (Å²) in [6.45, 7) is 1.17. The Balaban J connectivity index is 1.44. The lowest BCUT2D eigenvalue weighted by atomic mass is 9.87. The Labute approximate surface area is 188 Å². The van der Waals surface area contributed by atoms with Crippen LogP contribution in [-0.2, 0) is 11.2 Å². The van der Waals surface area contributed by atoms with Crippen LogP contribution < -0.4 is 5.32 Å². The molecule has 4 rings (SSSR count). The summed E-state index contributed by atoms with van der Waals surface area (Å²) in [7, 11) is 0. The normalized spacial score (nSPS) is 18.3. The van der Waals surface area contributed by atoms with E-state index in [2.05, 4.69) is 5.32 Å². The minimum atomic E-state index is -0.836. The molecule has 2 aliphatic rings. The first kappa shape index (κ1) is 21.9. The number of likely N-dealkylation sites (tertiary alicyclic amines) is 1. The summed E-state index contributed by atoms with van der Waals surface area (Å²) in [4.78, 5) is 30.0. The molecule has 1 aromatic heterocycles. The third-order valence-electron chi connectivity index (χ3n) is 6.72. The molecule has 2 fully saturated rings. The van der Waals surface area contributed by atoms with Gasteiger partial charge < -0.3 is 15.3 Å². The fraction of sp³-hybridized carbons (Fsp3) is 0.542. The molecular weight excluding hydrogens is 414 g/mol. The van der Waals surface area contributed by atoms with E-state index in [1.807, 2.05) is 18.2 Å². The highest BCUT2D eigenvalue weighted by atomic mass is 35.5. The number of nitrogens with zero attached hydrogens (tertiary/aromatic N) is 2. The monoisotopic (exact) mass is 443 g/mol. The van der Waals surface area contributed by atoms with E-state index in [0.29, 0.717) is 42.1 Å². The number of pyridine rings is 1. The maximum atomic E-state index is 12.6. The second-order valence-electron chi connectivity index (χ2n) is 8.97. The number of carbonyl (C=O) groups excluding carboxylic acids is 1. The molecule has 2 heterocycles. The quantitative estimate of drug-likeness (QED) is 0.618. The summed E-state index contributed by atoms with van der Waals surface area (Å²) in [5.74, 6) is 0.929. The Bertz CT molecular complexity index is 950. The zero-order valence-electron chi connectivity index (χ0n) is 17.8. The van der Waals surface area contributed by atoms with Crippen LogP contribution in [0.1, 0.15) is 57.1 Å². The van der Waals surface area contributed by atoms with Crippen molar-refractivity contribution >= 4 is 40.2 Å². The van der Waals surface area contributed by atoms with Crippen LogP contribution in [0.4, 0.5) is 10.5 Å². The molecule has 1 aliphatic heterocycles. The Morgan fingerprint density at radius 2 is 1.77 bits per heavy atom. The number of hydrogen-bond acceptors (Lipinski definition) is 3. The first-order chi connectivity index (χ1) is 15.0. The van der Waals surface area contributed by atoms with Gasteiger partial charge in [0.15, 0.2) is 0 Å². The third kappa shape index (κ3) is 5.48. The number of carboxylic acid groups (broad SMARTS) is 1. The number of nitrogens with one attached hydrogen (secondary N) is 1. The van der Waals surface area contributed by atoms with Crippen LogP contribution in [0.15, 0.2) is 24.3 Å². The molecule has 0 spiro atoms. The maximum Gasteiger partial charge on any atom is 0.407 e. The molecule has 0 radical (unpaired) electrons. The minimum Gasteiger partial charge on any atom is -0.465 e. The summed E-state index contributed by atoms with van der Waals surface area (Å²) in [6.07, 6.45) is 8.23. The molecule has 1 aromatic carbocycles. The number of fused-ring (bicyclic) bond motifs is 1. The van der Waals surface area contributed by atoms with E-state index < -0.39 is 6.09 Å². The number of aromatic nitrogens is 1. The molecule has 0 atom stereocenters. The first-order valence-corrected chi connectivity index (χ1v) is 11.7. The molecule has 2 amide bonds. The van der Waals surface area contributed by atoms with Gasteiger partial charge in [-0.05, 0) is 68.2 Å². The van der Waals surface area contributed by atoms with Gasteiger partial charge in [-0.3, -0.25) is 9.78 Å². The standard InChI is InChI=1S/C24H30ClN3O3/c25-20-8-9-21-19(23(20)27-22(29)15-16-4-2-1-3-5-16)7-6-18(26-21)14-17-10-12-28(13-11-17)24(30)31/h6-9,16-17H,1-5,10-15H2,(H,27,29)(H,30,31). The van der Waals surface area contributed by atoms with Gasteiger partial charge in [-0.2, -0.15) is 0 Å². The second-order valence-corrected chi connectivity index (χ2v) is 9.37. The molecule has 166 valence electrons. The van der Waals surface area contributed by atoms with Crippen molar-refractivity contribution in [3.63, 3.8) is 0 Å². The zero-order valence-corrected chi connectivity index (χ0v) is 18.5. The van der Waals surface area contributed by atoms with Crippen LogP contribution in [0.2, 0.25) is 5.02 Å². The van der Waals surface area contributed by atoms with Crippen LogP contribution in [0.5, 0.6) is 0 Å². The summed E-state index contributed by atoms with van der Waals surface area (Å²) in [6, 6.07) is 7.68. The number of amides is 2. The van der Waals surface area contributed by atoms with E-state index in [1.165, 1.54) is 24.2 Å². The van der Waals surface area contributed by atoms with Crippen molar-refractivity contribution in [3.8, 4) is 0 Å². The lowest BCUT2D eigenvalue weighted by Gasteiger charge is -2.29. The molecule has 0 bridgehead atoms. The number of piperidine rings is 1. The van der Waals surface area contributed by atoms with Gasteiger partial charge in [0.2, 0.25) is 5.91 Å². The van der Waals surface area contributed by atoms with E-state index in [9.17, 15) is 9.59 Å². The van der Waals surface area contributed by atoms with Gasteiger partial charge in [-0.15, -0.1) is 0 Å². The fourth-order valence-corrected chi connectivity index (χ4v) is 5.14. The number of benzene rings is 1. The first-order valence-electron chi connectivity index (χ1n) is 11.4. The van der Waals surface area contributed by atoms with E-state index in [4.69, 9.17) is 21.7 Å². The van der Waals surface area contributed by atoms with E-state index >= 15 is 0 Å². The van der Waals surface area contributed by atoms with Crippen LogP contribution in [0.3, 0.4) is 0 Å². The maximum absolute atomic E-state index is 12.6. The summed E-state index contributed by atoms with van der Waals surface area (Å²) < 4.78 is 0. The highest BCUT2D eigenvalue weighted by Gasteiger charge is 2.23. The average molecular weight is 444 g/mol. The topological polar surface area (TPSA) is 82.5 Å². The molecule has 7 heteroatoms. The van der Waals surface area contributed by atoms with Crippen LogP contribution >= 0.6 is 11.6 Å². The van der Waals surface area contributed by atoms with Gasteiger partial charge in [0.1, 0.15) is 0 Å². The highest BCUT2D eigenvalue weighted by molar-refractivity contribution is 6.35. The number of anilines is 1. The van der Waals surface area contributed by atoms with Gasteiger partial charge in [0.05, 0.1) is 16.2 Å². The summed E-state index contributed by atoms with van der Waals surface area (Å²) in [5.41, 5.74) is 2.45. The van der Waals surface area contributed by atoms with Crippen molar-refractivity contribution in [1.29, 1.82) is 0 Å². The van der Waals surface area contributed by atoms with Crippen molar-refractivity contribution in [2.24, 2.45) is 11.8 Å². The molecule has 31 heavy (non-hydrogen) atoms. The lowest BCUT2D eigenvalue weighted by Crippen LogP contribution is -2.37. The zero-order chi connectivity index (χ0) is 21.8. The van der Waals surface area contributed by atoms with Crippen molar-refractivity contribution in [2.75, 3.05) is 18.4 Å². The number of rotatable bonds is 5. The molecule has 6 nitrogen and oxygen atoms in total. The predicted molar refractivity (Wildman–Crippen MR) is 123 cm³/mol. The van der Waals surface area contributed by atoms with Crippen LogP contribution in [0.25, 0.3) is 10.9 Å². The largest absolute Gasteiger partial charge is 0.465 e. The molecular formula is C24H30ClN3O3. The SMILES string of the molecule is O=C(CC1CCCCC1)Nc1c(Cl)ccc2nc(CC3CCN(C(=O)O)CC3)ccc12. The van der Waals surface area contributed by atoms with Gasteiger partial charge in [-0.1, -0.05) is 30.9 Å². The lowest BCUT2D eigenvalue weighted by molar-refractivity contribution is -0.117. The van der Waals surface area contributed by atoms with Gasteiger partial charge >= 0.3 is 6.09 Å². The van der Waals surface area contributed by atoms with Gasteiger partial charge in [0, 0.05) is 30.6 Å². The van der Waals surface area contributed by atoms with Gasteiger partial charge in [-0.25, -0.2) is 4.79 Å². The number of carbonyl (C=O) groups is 2. The molecule has 2 aromatic rings. The smallest absolute Gasteiger partial charge is 0.407 e. The Morgan fingerprint density at radius 1 is 1.03 bits per heavy atom. The Morgan fingerprint density at radius 3 is 2.48 bits per heavy atom. The Hall–Kier alpha value is -2.34. The minimum absolute atomic E-state index is 0.0237. The highest BCUT2D eigenvalue weighted by Crippen LogP contribution is 2.33. The Kier molecular flexibility index (Phi) is 6.96. The van der Waals surface area contributed by atoms with Crippen LogP contribution in [-0.4, -0.2) is 40.1 Å². The number of hydrogen-bond donors (Lipinski definition) is 2. The van der Waals surface area contributed by atoms with E-state index in [0.717, 1.165) is 48.7 Å². The van der Waals surface area contributed by atoms with Crippen molar-refractivity contribution in [2.45, 2.75) is 57.8 Å². The second kappa shape index (κ2) is 9.86. The van der Waals surface area contributed by atoms with E-state index in [-0.39, 0.29) is 5.91 Å². The average Bonchev–Trinajstić information content (AvgIpc) is 2.77. The third-order valence-corrected chi connectivity index (χ3v) is 7.04. The molecule has 1 saturated carbocycles.